The van der Waals surface area contributed by atoms with Crippen molar-refractivity contribution in [2.24, 2.45) is 5.92 Å². The molecule has 11 heteroatoms. The lowest BCUT2D eigenvalue weighted by atomic mass is 9.85. The van der Waals surface area contributed by atoms with Crippen LogP contribution in [0.25, 0.3) is 10.9 Å². The van der Waals surface area contributed by atoms with Gasteiger partial charge in [0, 0.05) is 30.6 Å². The Bertz CT molecular complexity index is 1520. The normalized spacial score (nSPS) is 21.8. The molecule has 2 aromatic heterocycles. The Balaban J connectivity index is 1.52. The smallest absolute Gasteiger partial charge is 0.261 e. The number of aromatic amines is 1. The number of anilines is 2. The van der Waals surface area contributed by atoms with Crippen LogP contribution >= 0.6 is 0 Å². The van der Waals surface area contributed by atoms with Gasteiger partial charge in [-0.2, -0.15) is 14.7 Å². The van der Waals surface area contributed by atoms with Gasteiger partial charge in [-0.15, -0.1) is 0 Å². The summed E-state index contributed by atoms with van der Waals surface area (Å²) in [4.78, 5) is 15.8. The summed E-state index contributed by atoms with van der Waals surface area (Å²) in [5.41, 5.74) is 0.890. The molecule has 1 aliphatic carbocycles. The SMILES string of the molecule is CC(C)(CCO)N1Cc2cc(Nc3nn([C@H]4CCCC[C@@H]4C#N)c4cc[nH]c(=O)c34)ccc2S1(=O)=O. The van der Waals surface area contributed by atoms with Crippen molar-refractivity contribution >= 4 is 32.4 Å². The van der Waals surface area contributed by atoms with Crippen molar-refractivity contribution < 1.29 is 13.5 Å². The number of aromatic nitrogens is 3. The van der Waals surface area contributed by atoms with E-state index < -0.39 is 15.6 Å². The van der Waals surface area contributed by atoms with Crippen LogP contribution in [0.2, 0.25) is 0 Å². The van der Waals surface area contributed by atoms with Gasteiger partial charge in [0.15, 0.2) is 5.82 Å². The zero-order valence-electron chi connectivity index (χ0n) is 20.4. The van der Waals surface area contributed by atoms with Gasteiger partial charge in [-0.05, 0) is 62.9 Å². The number of nitrogens with zero attached hydrogens (tertiary/aromatic N) is 4. The lowest BCUT2D eigenvalue weighted by Gasteiger charge is -2.33. The Hall–Kier alpha value is -3.20. The number of nitrogens with one attached hydrogen (secondary N) is 2. The van der Waals surface area contributed by atoms with Gasteiger partial charge in [-0.1, -0.05) is 12.8 Å². The van der Waals surface area contributed by atoms with Crippen LogP contribution in [-0.4, -0.2) is 44.7 Å². The van der Waals surface area contributed by atoms with Gasteiger partial charge in [0.1, 0.15) is 5.39 Å². The Morgan fingerprint density at radius 1 is 1.28 bits per heavy atom. The minimum Gasteiger partial charge on any atom is -0.396 e. The van der Waals surface area contributed by atoms with E-state index in [9.17, 15) is 23.6 Å². The molecule has 0 amide bonds. The molecule has 3 aromatic rings. The van der Waals surface area contributed by atoms with Crippen LogP contribution in [0.15, 0.2) is 40.2 Å². The Labute approximate surface area is 209 Å². The maximum absolute atomic E-state index is 13.2. The van der Waals surface area contributed by atoms with Gasteiger partial charge in [-0.3, -0.25) is 9.48 Å². The molecule has 0 radical (unpaired) electrons. The van der Waals surface area contributed by atoms with Crippen molar-refractivity contribution in [2.45, 2.75) is 69.0 Å². The Morgan fingerprint density at radius 3 is 2.81 bits per heavy atom. The third-order valence-electron chi connectivity index (χ3n) is 7.44. The van der Waals surface area contributed by atoms with Crippen LogP contribution in [0.1, 0.15) is 57.6 Å². The van der Waals surface area contributed by atoms with Gasteiger partial charge >= 0.3 is 0 Å². The number of hydrogen-bond donors (Lipinski definition) is 3. The zero-order chi connectivity index (χ0) is 25.7. The fourth-order valence-electron chi connectivity index (χ4n) is 5.46. The molecule has 2 aliphatic rings. The molecular weight excluding hydrogens is 480 g/mol. The summed E-state index contributed by atoms with van der Waals surface area (Å²) in [6, 6.07) is 9.09. The van der Waals surface area contributed by atoms with Crippen LogP contribution in [0.4, 0.5) is 11.5 Å². The standard InChI is InChI=1S/C25H30N6O4S/c1-25(2,10-12-32)30-15-17-13-18(7-8-21(17)36(30,34)35)28-23-22-20(9-11-27-24(22)33)31(29-23)19-6-4-3-5-16(19)14-26/h7-9,11,13,16,19,32H,3-6,10,12,15H2,1-2H3,(H,27,33)(H,28,29)/t16-,19+/m1/s1. The molecule has 3 N–H and O–H groups in total. The van der Waals surface area contributed by atoms with Crippen molar-refractivity contribution in [2.75, 3.05) is 11.9 Å². The monoisotopic (exact) mass is 510 g/mol. The topological polar surface area (TPSA) is 144 Å². The van der Waals surface area contributed by atoms with Crippen molar-refractivity contribution in [3.05, 3.63) is 46.4 Å². The summed E-state index contributed by atoms with van der Waals surface area (Å²) in [6.45, 7) is 3.69. The van der Waals surface area contributed by atoms with E-state index in [4.69, 9.17) is 5.10 Å². The summed E-state index contributed by atoms with van der Waals surface area (Å²) in [6.07, 6.45) is 5.53. The lowest BCUT2D eigenvalue weighted by molar-refractivity contribution is 0.165. The highest BCUT2D eigenvalue weighted by Gasteiger charge is 2.43. The number of nitriles is 1. The molecule has 3 heterocycles. The highest BCUT2D eigenvalue weighted by molar-refractivity contribution is 7.89. The van der Waals surface area contributed by atoms with Gasteiger partial charge in [0.05, 0.1) is 28.4 Å². The summed E-state index contributed by atoms with van der Waals surface area (Å²) in [5, 5.41) is 27.5. The number of sulfonamides is 1. The highest BCUT2D eigenvalue weighted by atomic mass is 32.2. The molecule has 1 aliphatic heterocycles. The number of H-pyrrole nitrogens is 1. The first-order valence-electron chi connectivity index (χ1n) is 12.2. The van der Waals surface area contributed by atoms with E-state index in [2.05, 4.69) is 16.4 Å². The summed E-state index contributed by atoms with van der Waals surface area (Å²) < 4.78 is 29.6. The lowest BCUT2D eigenvalue weighted by Crippen LogP contribution is -2.44. The molecule has 190 valence electrons. The van der Waals surface area contributed by atoms with Crippen LogP contribution in [0, 0.1) is 17.2 Å². The summed E-state index contributed by atoms with van der Waals surface area (Å²) in [5.74, 6) is 0.194. The second-order valence-electron chi connectivity index (χ2n) is 10.2. The average Bonchev–Trinajstić information content (AvgIpc) is 3.34. The number of pyridine rings is 1. The van der Waals surface area contributed by atoms with Crippen molar-refractivity contribution in [3.8, 4) is 6.07 Å². The molecule has 0 spiro atoms. The minimum atomic E-state index is -3.69. The number of aliphatic hydroxyl groups is 1. The first kappa shape index (κ1) is 24.5. The number of aliphatic hydroxyl groups excluding tert-OH is 1. The molecular formula is C25H30N6O4S. The van der Waals surface area contributed by atoms with E-state index in [0.29, 0.717) is 34.4 Å². The highest BCUT2D eigenvalue weighted by Crippen LogP contribution is 2.40. The molecule has 0 unspecified atom stereocenters. The Morgan fingerprint density at radius 2 is 2.06 bits per heavy atom. The van der Waals surface area contributed by atoms with Crippen molar-refractivity contribution in [1.29, 1.82) is 5.26 Å². The van der Waals surface area contributed by atoms with Gasteiger partial charge in [0.25, 0.3) is 5.56 Å². The third kappa shape index (κ3) is 3.99. The molecule has 36 heavy (non-hydrogen) atoms. The molecule has 1 aromatic carbocycles. The van der Waals surface area contributed by atoms with E-state index >= 15 is 0 Å². The molecule has 5 rings (SSSR count). The van der Waals surface area contributed by atoms with E-state index in [1.807, 2.05) is 0 Å². The second kappa shape index (κ2) is 9.03. The molecule has 1 saturated carbocycles. The molecule has 1 fully saturated rings. The number of benzene rings is 1. The maximum Gasteiger partial charge on any atom is 0.261 e. The van der Waals surface area contributed by atoms with Crippen molar-refractivity contribution in [3.63, 3.8) is 0 Å². The molecule has 0 saturated heterocycles. The van der Waals surface area contributed by atoms with E-state index in [1.165, 1.54) is 4.31 Å². The zero-order valence-corrected chi connectivity index (χ0v) is 21.2. The number of hydrogen-bond acceptors (Lipinski definition) is 7. The average molecular weight is 511 g/mol. The quantitative estimate of drug-likeness (QED) is 0.461. The van der Waals surface area contributed by atoms with Crippen LogP contribution < -0.4 is 10.9 Å². The van der Waals surface area contributed by atoms with Crippen LogP contribution in [-0.2, 0) is 16.6 Å². The Kier molecular flexibility index (Phi) is 6.14. The van der Waals surface area contributed by atoms with Gasteiger partial charge in [0.2, 0.25) is 10.0 Å². The predicted molar refractivity (Wildman–Crippen MR) is 135 cm³/mol. The van der Waals surface area contributed by atoms with Crippen LogP contribution in [0.3, 0.4) is 0 Å². The molecule has 2 atom stereocenters. The fourth-order valence-corrected chi connectivity index (χ4v) is 7.44. The summed E-state index contributed by atoms with van der Waals surface area (Å²) in [7, 11) is -3.69. The first-order chi connectivity index (χ1) is 17.2. The van der Waals surface area contributed by atoms with Gasteiger partial charge < -0.3 is 15.4 Å². The largest absolute Gasteiger partial charge is 0.396 e. The van der Waals surface area contributed by atoms with E-state index in [-0.39, 0.29) is 35.6 Å². The van der Waals surface area contributed by atoms with E-state index in [1.54, 1.807) is 49.0 Å². The van der Waals surface area contributed by atoms with Crippen molar-refractivity contribution in [1.82, 2.24) is 19.1 Å². The first-order valence-corrected chi connectivity index (χ1v) is 13.6. The minimum absolute atomic E-state index is 0.111. The number of fused-ring (bicyclic) bond motifs is 2. The molecule has 0 bridgehead atoms. The third-order valence-corrected chi connectivity index (χ3v) is 9.60. The van der Waals surface area contributed by atoms with Gasteiger partial charge in [-0.25, -0.2) is 8.42 Å². The predicted octanol–water partition coefficient (Wildman–Crippen LogP) is 3.39. The molecule has 10 nitrogen and oxygen atoms in total. The van der Waals surface area contributed by atoms with E-state index in [0.717, 1.165) is 25.7 Å². The van der Waals surface area contributed by atoms with Crippen LogP contribution in [0.5, 0.6) is 0 Å². The maximum atomic E-state index is 13.2. The fraction of sp³-hybridized carbons (Fsp3) is 0.480. The summed E-state index contributed by atoms with van der Waals surface area (Å²) >= 11 is 0. The second-order valence-corrected chi connectivity index (χ2v) is 12.0. The number of rotatable bonds is 6.